The molecule has 4 N–H and O–H groups in total. The van der Waals surface area contributed by atoms with Crippen LogP contribution in [-0.2, 0) is 16.0 Å². The van der Waals surface area contributed by atoms with E-state index in [4.69, 9.17) is 4.98 Å². The number of aromatic nitrogens is 1. The minimum atomic E-state index is -0.245. The lowest BCUT2D eigenvalue weighted by molar-refractivity contribution is -0.122. The molecule has 2 aromatic rings. The molecule has 7 nitrogen and oxygen atoms in total. The molecule has 1 aliphatic carbocycles. The Bertz CT molecular complexity index is 1120. The van der Waals surface area contributed by atoms with Gasteiger partial charge in [-0.3, -0.25) is 9.59 Å². The Kier molecular flexibility index (Phi) is 18.3. The lowest BCUT2D eigenvalue weighted by atomic mass is 9.83. The number of primary amides is 1. The minimum absolute atomic E-state index is 0.0991. The maximum Gasteiger partial charge on any atom is 0.220 e. The van der Waals surface area contributed by atoms with E-state index in [2.05, 4.69) is 73.8 Å². The fourth-order valence-electron chi connectivity index (χ4n) is 4.44. The van der Waals surface area contributed by atoms with Crippen molar-refractivity contribution in [3.05, 3.63) is 53.3 Å². The summed E-state index contributed by atoms with van der Waals surface area (Å²) in [6, 6.07) is 6.59. The lowest BCUT2D eigenvalue weighted by Gasteiger charge is -2.31. The van der Waals surface area contributed by atoms with Crippen molar-refractivity contribution in [1.29, 1.82) is 0 Å². The molecule has 1 unspecified atom stereocenters. The molecule has 2 amide bonds. The number of aryl methyl sites for hydroxylation is 1. The molecule has 0 aliphatic heterocycles. The molecule has 0 bridgehead atoms. The predicted octanol–water partition coefficient (Wildman–Crippen LogP) is 7.42. The van der Waals surface area contributed by atoms with Gasteiger partial charge in [0.15, 0.2) is 0 Å². The van der Waals surface area contributed by atoms with Crippen molar-refractivity contribution < 1.29 is 9.59 Å². The molecule has 8 heteroatoms. The van der Waals surface area contributed by atoms with E-state index >= 15 is 0 Å². The first-order chi connectivity index (χ1) is 19.7. The fourth-order valence-corrected chi connectivity index (χ4v) is 5.45. The Morgan fingerprint density at radius 3 is 2.41 bits per heavy atom. The van der Waals surface area contributed by atoms with Crippen LogP contribution in [0.5, 0.6) is 0 Å². The Morgan fingerprint density at radius 2 is 1.85 bits per heavy atom. The van der Waals surface area contributed by atoms with Crippen LogP contribution in [0.2, 0.25) is 0 Å². The summed E-state index contributed by atoms with van der Waals surface area (Å²) in [6.07, 6.45) is 14.3. The summed E-state index contributed by atoms with van der Waals surface area (Å²) in [5, 5.41) is 7.75. The van der Waals surface area contributed by atoms with Gasteiger partial charge in [-0.1, -0.05) is 79.0 Å². The molecule has 1 heterocycles. The normalized spacial score (nSPS) is 14.6. The molecule has 1 aromatic carbocycles. The van der Waals surface area contributed by atoms with Gasteiger partial charge < -0.3 is 16.4 Å². The summed E-state index contributed by atoms with van der Waals surface area (Å²) in [6.45, 7) is 16.7. The number of allylic oxidation sites excluding steroid dienone is 2. The van der Waals surface area contributed by atoms with Crippen molar-refractivity contribution in [3.63, 3.8) is 0 Å². The molecule has 0 radical (unpaired) electrons. The molecule has 1 aromatic heterocycles. The second kappa shape index (κ2) is 20.8. The van der Waals surface area contributed by atoms with Crippen LogP contribution in [-0.4, -0.2) is 35.6 Å². The number of rotatable bonds is 12. The number of nitrogens with two attached hydrogens (primary N) is 1. The van der Waals surface area contributed by atoms with Gasteiger partial charge in [0.05, 0.1) is 15.2 Å². The molecule has 228 valence electrons. The van der Waals surface area contributed by atoms with Crippen molar-refractivity contribution in [3.8, 4) is 0 Å². The Balaban J connectivity index is 0.000000930. The highest BCUT2D eigenvalue weighted by molar-refractivity contribution is 7.18. The maximum absolute atomic E-state index is 12.9. The lowest BCUT2D eigenvalue weighted by Crippen LogP contribution is -2.47. The van der Waals surface area contributed by atoms with E-state index in [-0.39, 0.29) is 17.9 Å². The number of amides is 2. The smallest absolute Gasteiger partial charge is 0.220 e. The first-order valence-electron chi connectivity index (χ1n) is 15.2. The fraction of sp³-hybridized carbons (Fsp3) is 0.576. The monoisotopic (exact) mass is 583 g/mol. The van der Waals surface area contributed by atoms with E-state index < -0.39 is 0 Å². The summed E-state index contributed by atoms with van der Waals surface area (Å²) < 4.78 is 1.21. The Labute approximate surface area is 252 Å². The molecule has 1 aliphatic rings. The third-order valence-electron chi connectivity index (χ3n) is 6.65. The van der Waals surface area contributed by atoms with Crippen molar-refractivity contribution in [2.45, 2.75) is 111 Å². The number of aliphatic imine (C=N–C) groups is 1. The highest BCUT2D eigenvalue weighted by Gasteiger charge is 2.25. The molecule has 1 atom stereocenters. The first kappa shape index (κ1) is 36.0. The summed E-state index contributed by atoms with van der Waals surface area (Å²) >= 11 is 1.71. The molecule has 0 spiro atoms. The second-order valence-corrected chi connectivity index (χ2v) is 11.8. The van der Waals surface area contributed by atoms with E-state index in [9.17, 15) is 9.59 Å². The largest absolute Gasteiger partial charge is 0.370 e. The molecule has 1 saturated carbocycles. The van der Waals surface area contributed by atoms with Gasteiger partial charge in [-0.2, -0.15) is 0 Å². The number of carbonyl (C=O) groups excluding carboxylic acids is 2. The molecule has 0 saturated heterocycles. The van der Waals surface area contributed by atoms with E-state index in [0.717, 1.165) is 16.3 Å². The van der Waals surface area contributed by atoms with Crippen LogP contribution < -0.4 is 16.4 Å². The quantitative estimate of drug-likeness (QED) is 0.178. The average molecular weight is 584 g/mol. The number of nitrogens with one attached hydrogen (secondary N) is 2. The van der Waals surface area contributed by atoms with Crippen molar-refractivity contribution >= 4 is 39.6 Å². The highest BCUT2D eigenvalue weighted by Crippen LogP contribution is 2.28. The number of carbonyl (C=O) groups is 2. The van der Waals surface area contributed by atoms with E-state index in [1.165, 1.54) is 48.8 Å². The number of thiazole rings is 1. The SMILES string of the molecule is C=C/C=C(\N=C/C)NCC(NC(=O)CCc1nc2ccc(C(C)C)cc2s1)C1CCCCC1.CCC.CCC(N)=O. The van der Waals surface area contributed by atoms with Crippen LogP contribution in [0.3, 0.4) is 0 Å². The molecular formula is C33H53N5O2S. The minimum Gasteiger partial charge on any atom is -0.370 e. The zero-order valence-electron chi connectivity index (χ0n) is 26.2. The standard InChI is InChI=1S/C27H38N4OS.C3H7NO.C3H8/c1-5-10-25(28-6-2)29-18-23(20-11-8-7-9-12-20)30-26(32)15-16-27-31-22-14-13-21(19(3)4)17-24(22)33-27;1-2-3(4)5;1-3-2/h5-6,10,13-14,17,19-20,23,29H,1,7-9,11-12,15-16,18H2,2-4H3,(H,30,32);2H2,1H3,(H2,4,5);3H2,1-2H3/b25-10+,28-6-;;. The molecular weight excluding hydrogens is 530 g/mol. The predicted molar refractivity (Wildman–Crippen MR) is 176 cm³/mol. The molecule has 1 fully saturated rings. The Hall–Kier alpha value is -3.00. The maximum atomic E-state index is 12.9. The van der Waals surface area contributed by atoms with Gasteiger partial charge in [0.1, 0.15) is 5.82 Å². The van der Waals surface area contributed by atoms with E-state index in [1.54, 1.807) is 30.6 Å². The van der Waals surface area contributed by atoms with Crippen LogP contribution in [0.25, 0.3) is 10.2 Å². The van der Waals surface area contributed by atoms with Gasteiger partial charge in [0, 0.05) is 38.1 Å². The van der Waals surface area contributed by atoms with Gasteiger partial charge >= 0.3 is 0 Å². The Morgan fingerprint density at radius 1 is 1.20 bits per heavy atom. The van der Waals surface area contributed by atoms with Gasteiger partial charge in [-0.05, 0) is 55.4 Å². The van der Waals surface area contributed by atoms with E-state index in [0.29, 0.717) is 37.6 Å². The van der Waals surface area contributed by atoms with Gasteiger partial charge in [-0.25, -0.2) is 9.98 Å². The van der Waals surface area contributed by atoms with Crippen LogP contribution in [0, 0.1) is 5.92 Å². The second-order valence-electron chi connectivity index (χ2n) is 10.6. The number of hydrogen-bond donors (Lipinski definition) is 3. The van der Waals surface area contributed by atoms with Gasteiger partial charge in [-0.15, -0.1) is 11.3 Å². The topological polar surface area (TPSA) is 109 Å². The zero-order valence-corrected chi connectivity index (χ0v) is 27.0. The van der Waals surface area contributed by atoms with Crippen LogP contribution >= 0.6 is 11.3 Å². The number of nitrogens with zero attached hydrogens (tertiary/aromatic N) is 2. The first-order valence-corrected chi connectivity index (χ1v) is 16.0. The number of hydrogen-bond acceptors (Lipinski definition) is 6. The van der Waals surface area contributed by atoms with Crippen LogP contribution in [0.4, 0.5) is 0 Å². The number of benzene rings is 1. The highest BCUT2D eigenvalue weighted by atomic mass is 32.1. The van der Waals surface area contributed by atoms with Crippen LogP contribution in [0.15, 0.2) is 47.7 Å². The molecule has 41 heavy (non-hydrogen) atoms. The average Bonchev–Trinajstić information content (AvgIpc) is 3.38. The van der Waals surface area contributed by atoms with Gasteiger partial charge in [0.25, 0.3) is 0 Å². The van der Waals surface area contributed by atoms with Crippen molar-refractivity contribution in [2.75, 3.05) is 6.54 Å². The van der Waals surface area contributed by atoms with Gasteiger partial charge in [0.2, 0.25) is 11.8 Å². The summed E-state index contributed by atoms with van der Waals surface area (Å²) in [7, 11) is 0. The van der Waals surface area contributed by atoms with Crippen molar-refractivity contribution in [1.82, 2.24) is 15.6 Å². The molecule has 3 rings (SSSR count). The summed E-state index contributed by atoms with van der Waals surface area (Å²) in [4.78, 5) is 31.6. The van der Waals surface area contributed by atoms with Crippen LogP contribution in [0.1, 0.15) is 109 Å². The third-order valence-corrected chi connectivity index (χ3v) is 7.73. The third kappa shape index (κ3) is 14.5. The zero-order chi connectivity index (χ0) is 30.6. The summed E-state index contributed by atoms with van der Waals surface area (Å²) in [5.74, 6) is 1.63. The summed E-state index contributed by atoms with van der Waals surface area (Å²) in [5.41, 5.74) is 7.01. The number of fused-ring (bicyclic) bond motifs is 1. The van der Waals surface area contributed by atoms with Crippen molar-refractivity contribution in [2.24, 2.45) is 16.6 Å². The van der Waals surface area contributed by atoms with E-state index in [1.807, 2.05) is 13.0 Å².